The van der Waals surface area contributed by atoms with Gasteiger partial charge in [0.1, 0.15) is 12.1 Å². The first-order chi connectivity index (χ1) is 13.9. The van der Waals surface area contributed by atoms with Crippen molar-refractivity contribution in [1.82, 2.24) is 10.6 Å². The van der Waals surface area contributed by atoms with E-state index >= 15 is 0 Å². The molecule has 1 unspecified atom stereocenters. The van der Waals surface area contributed by atoms with Crippen LogP contribution in [0, 0.1) is 0 Å². The molecular formula is C21H23BrN2O4S. The second kappa shape index (κ2) is 11.6. The number of hydrogen-bond acceptors (Lipinski definition) is 4. The van der Waals surface area contributed by atoms with Crippen LogP contribution in [-0.4, -0.2) is 40.7 Å². The number of aliphatic carboxylic acids is 1. The van der Waals surface area contributed by atoms with Crippen LogP contribution < -0.4 is 10.6 Å². The van der Waals surface area contributed by atoms with Gasteiger partial charge >= 0.3 is 5.97 Å². The monoisotopic (exact) mass is 478 g/mol. The molecule has 0 saturated heterocycles. The first-order valence-electron chi connectivity index (χ1n) is 9.11. The summed E-state index contributed by atoms with van der Waals surface area (Å²) >= 11 is 7.49. The van der Waals surface area contributed by atoms with Crippen LogP contribution in [0.2, 0.25) is 0 Å². The summed E-state index contributed by atoms with van der Waals surface area (Å²) in [6, 6.07) is 14.4. The van der Waals surface area contributed by atoms with Gasteiger partial charge in [0.05, 0.1) is 6.42 Å². The van der Waals surface area contributed by atoms with Crippen LogP contribution >= 0.6 is 28.6 Å². The molecule has 2 rings (SSSR count). The van der Waals surface area contributed by atoms with E-state index in [1.807, 2.05) is 42.5 Å². The second-order valence-corrected chi connectivity index (χ2v) is 7.89. The topological polar surface area (TPSA) is 95.5 Å². The predicted octanol–water partition coefficient (Wildman–Crippen LogP) is 2.61. The molecule has 2 amide bonds. The van der Waals surface area contributed by atoms with Gasteiger partial charge in [-0.3, -0.25) is 9.59 Å². The van der Waals surface area contributed by atoms with Crippen LogP contribution in [-0.2, 0) is 27.2 Å². The zero-order valence-corrected chi connectivity index (χ0v) is 18.2. The summed E-state index contributed by atoms with van der Waals surface area (Å²) < 4.78 is 0.909. The van der Waals surface area contributed by atoms with Gasteiger partial charge in [-0.05, 0) is 35.4 Å². The van der Waals surface area contributed by atoms with Crippen LogP contribution in [0.25, 0.3) is 0 Å². The minimum atomic E-state index is -1.13. The normalized spacial score (nSPS) is 12.6. The minimum absolute atomic E-state index is 0.121. The largest absolute Gasteiger partial charge is 0.480 e. The third kappa shape index (κ3) is 7.91. The van der Waals surface area contributed by atoms with Crippen molar-refractivity contribution >= 4 is 46.3 Å². The quantitative estimate of drug-likeness (QED) is 0.394. The van der Waals surface area contributed by atoms with Crippen molar-refractivity contribution in [2.24, 2.45) is 0 Å². The Balaban J connectivity index is 1.99. The van der Waals surface area contributed by atoms with Crippen LogP contribution in [0.3, 0.4) is 0 Å². The summed E-state index contributed by atoms with van der Waals surface area (Å²) in [5, 5.41) is 14.7. The number of carbonyl (C=O) groups is 3. The summed E-state index contributed by atoms with van der Waals surface area (Å²) in [5.74, 6) is -1.61. The number of carboxylic acids is 1. The van der Waals surface area contributed by atoms with Crippen LogP contribution in [0.15, 0.2) is 59.1 Å². The maximum Gasteiger partial charge on any atom is 0.326 e. The Bertz CT molecular complexity index is 830. The molecule has 3 N–H and O–H groups in total. The van der Waals surface area contributed by atoms with Crippen molar-refractivity contribution in [3.63, 3.8) is 0 Å². The van der Waals surface area contributed by atoms with Crippen molar-refractivity contribution in [2.75, 3.05) is 5.75 Å². The van der Waals surface area contributed by atoms with Gasteiger partial charge in [-0.1, -0.05) is 58.4 Å². The maximum atomic E-state index is 12.6. The first-order valence-corrected chi connectivity index (χ1v) is 10.5. The highest BCUT2D eigenvalue weighted by molar-refractivity contribution is 9.10. The highest BCUT2D eigenvalue weighted by Gasteiger charge is 2.26. The number of amides is 2. The average molecular weight is 479 g/mol. The fourth-order valence-corrected chi connectivity index (χ4v) is 3.28. The molecule has 0 radical (unpaired) electrons. The van der Waals surface area contributed by atoms with E-state index in [1.54, 1.807) is 12.1 Å². The van der Waals surface area contributed by atoms with E-state index in [0.29, 0.717) is 12.2 Å². The lowest BCUT2D eigenvalue weighted by molar-refractivity contribution is -0.142. The molecule has 0 aromatic heterocycles. The van der Waals surface area contributed by atoms with Crippen molar-refractivity contribution in [3.05, 3.63) is 70.2 Å². The molecule has 0 aliphatic carbocycles. The van der Waals surface area contributed by atoms with E-state index in [-0.39, 0.29) is 18.7 Å². The third-order valence-corrected chi connectivity index (χ3v) is 5.03. The molecule has 154 valence electrons. The van der Waals surface area contributed by atoms with Crippen molar-refractivity contribution in [1.29, 1.82) is 0 Å². The molecule has 0 aliphatic rings. The Morgan fingerprint density at radius 2 is 1.59 bits per heavy atom. The maximum absolute atomic E-state index is 12.6. The number of carbonyl (C=O) groups excluding carboxylic acids is 2. The Morgan fingerprint density at radius 1 is 0.931 bits per heavy atom. The molecule has 0 spiro atoms. The average Bonchev–Trinajstić information content (AvgIpc) is 2.69. The van der Waals surface area contributed by atoms with E-state index in [4.69, 9.17) is 0 Å². The van der Waals surface area contributed by atoms with Gasteiger partial charge in [-0.15, -0.1) is 0 Å². The van der Waals surface area contributed by atoms with Gasteiger partial charge in [0, 0.05) is 10.9 Å². The number of halogens is 1. The molecular weight excluding hydrogens is 456 g/mol. The Labute approximate surface area is 183 Å². The molecule has 0 aliphatic heterocycles. The summed E-state index contributed by atoms with van der Waals surface area (Å²) in [7, 11) is 0. The number of rotatable bonds is 10. The first kappa shape index (κ1) is 23.0. The Hall–Kier alpha value is -2.32. The van der Waals surface area contributed by atoms with E-state index < -0.39 is 24.0 Å². The molecule has 29 heavy (non-hydrogen) atoms. The number of nitrogens with one attached hydrogen (secondary N) is 2. The molecule has 2 atom stereocenters. The predicted molar refractivity (Wildman–Crippen MR) is 118 cm³/mol. The van der Waals surface area contributed by atoms with E-state index in [0.717, 1.165) is 15.6 Å². The standard InChI is InChI=1S/C21H23BrN2O4S/c22-16-8-6-15(7-9-16)13-19(25)23-17(10-11-29)20(26)24-18(21(27)28)12-14-4-2-1-3-5-14/h1-9,17-18,29H,10-13H2,(H,23,25)(H,24,26)(H,27,28)/t17?,18-/m1/s1. The number of thiol groups is 1. The second-order valence-electron chi connectivity index (χ2n) is 6.52. The fourth-order valence-electron chi connectivity index (χ4n) is 2.75. The molecule has 2 aromatic rings. The minimum Gasteiger partial charge on any atom is -0.480 e. The molecule has 6 nitrogen and oxygen atoms in total. The van der Waals surface area contributed by atoms with Crippen LogP contribution in [0.1, 0.15) is 17.5 Å². The lowest BCUT2D eigenvalue weighted by Gasteiger charge is -2.21. The fraction of sp³-hybridized carbons (Fsp3) is 0.286. The number of carboxylic acid groups (broad SMARTS) is 1. The van der Waals surface area contributed by atoms with Gasteiger partial charge in [0.25, 0.3) is 0 Å². The Kier molecular flexibility index (Phi) is 9.21. The van der Waals surface area contributed by atoms with E-state index in [2.05, 4.69) is 39.2 Å². The zero-order valence-electron chi connectivity index (χ0n) is 15.7. The van der Waals surface area contributed by atoms with Gasteiger partial charge in [-0.25, -0.2) is 4.79 Å². The third-order valence-electron chi connectivity index (χ3n) is 4.24. The van der Waals surface area contributed by atoms with Crippen molar-refractivity contribution in [3.8, 4) is 0 Å². The van der Waals surface area contributed by atoms with Crippen LogP contribution in [0.4, 0.5) is 0 Å². The van der Waals surface area contributed by atoms with E-state index in [9.17, 15) is 19.5 Å². The molecule has 0 bridgehead atoms. The summed E-state index contributed by atoms with van der Waals surface area (Å²) in [5.41, 5.74) is 1.61. The number of benzene rings is 2. The Morgan fingerprint density at radius 3 is 2.17 bits per heavy atom. The molecule has 0 fully saturated rings. The summed E-state index contributed by atoms with van der Waals surface area (Å²) in [6.07, 6.45) is 0.567. The smallest absolute Gasteiger partial charge is 0.326 e. The van der Waals surface area contributed by atoms with Gasteiger partial charge < -0.3 is 15.7 Å². The SMILES string of the molecule is O=C(Cc1ccc(Br)cc1)NC(CCS)C(=O)N[C@H](Cc1ccccc1)C(=O)O. The zero-order chi connectivity index (χ0) is 21.2. The van der Waals surface area contributed by atoms with Gasteiger partial charge in [-0.2, -0.15) is 12.6 Å². The lowest BCUT2D eigenvalue weighted by atomic mass is 10.1. The van der Waals surface area contributed by atoms with Gasteiger partial charge in [0.2, 0.25) is 11.8 Å². The molecule has 0 saturated carbocycles. The van der Waals surface area contributed by atoms with E-state index in [1.165, 1.54) is 0 Å². The number of hydrogen-bond donors (Lipinski definition) is 4. The molecule has 8 heteroatoms. The summed E-state index contributed by atoms with van der Waals surface area (Å²) in [4.78, 5) is 36.6. The van der Waals surface area contributed by atoms with Crippen molar-refractivity contribution in [2.45, 2.75) is 31.3 Å². The summed E-state index contributed by atoms with van der Waals surface area (Å²) in [6.45, 7) is 0. The van der Waals surface area contributed by atoms with Crippen molar-refractivity contribution < 1.29 is 19.5 Å². The lowest BCUT2D eigenvalue weighted by Crippen LogP contribution is -2.52. The van der Waals surface area contributed by atoms with Crippen LogP contribution in [0.5, 0.6) is 0 Å². The van der Waals surface area contributed by atoms with Gasteiger partial charge in [0.15, 0.2) is 0 Å². The highest BCUT2D eigenvalue weighted by Crippen LogP contribution is 2.11. The molecule has 2 aromatic carbocycles. The molecule has 0 heterocycles. The highest BCUT2D eigenvalue weighted by atomic mass is 79.9.